The maximum absolute atomic E-state index is 12.8. The lowest BCUT2D eigenvalue weighted by Crippen LogP contribution is -2.08. The van der Waals surface area contributed by atoms with E-state index in [4.69, 9.17) is 0 Å². The van der Waals surface area contributed by atoms with Gasteiger partial charge in [0.05, 0.1) is 16.9 Å². The van der Waals surface area contributed by atoms with Gasteiger partial charge in [0.15, 0.2) is 11.5 Å². The molecule has 1 aromatic carbocycles. The van der Waals surface area contributed by atoms with E-state index in [1.54, 1.807) is 6.92 Å². The van der Waals surface area contributed by atoms with Gasteiger partial charge in [-0.25, -0.2) is 4.68 Å². The highest BCUT2D eigenvalue weighted by atomic mass is 32.2. The Labute approximate surface area is 129 Å². The molecule has 0 spiro atoms. The maximum atomic E-state index is 12.8. The third-order valence-corrected chi connectivity index (χ3v) is 3.97. The first-order valence-corrected chi connectivity index (χ1v) is 7.52. The summed E-state index contributed by atoms with van der Waals surface area (Å²) in [5.74, 6) is 0.377. The van der Waals surface area contributed by atoms with E-state index in [-0.39, 0.29) is 11.5 Å². The van der Waals surface area contributed by atoms with Gasteiger partial charge >= 0.3 is 6.18 Å². The van der Waals surface area contributed by atoms with Crippen molar-refractivity contribution >= 4 is 17.5 Å². The molecule has 2 aromatic rings. The molecule has 0 fully saturated rings. The minimum atomic E-state index is -4.40. The Morgan fingerprint density at radius 1 is 1.36 bits per heavy atom. The Hall–Kier alpha value is -1.83. The van der Waals surface area contributed by atoms with Gasteiger partial charge in [-0.05, 0) is 30.9 Å². The van der Waals surface area contributed by atoms with Gasteiger partial charge in [-0.3, -0.25) is 4.79 Å². The molecule has 0 saturated heterocycles. The lowest BCUT2D eigenvalue weighted by Gasteiger charge is -2.13. The van der Waals surface area contributed by atoms with E-state index >= 15 is 0 Å². The van der Waals surface area contributed by atoms with Crippen LogP contribution in [-0.2, 0) is 6.18 Å². The number of Topliss-reactive ketones (excluding diaryl/α,β-unsaturated/α-hetero) is 1. The molecule has 2 rings (SSSR count). The van der Waals surface area contributed by atoms with Crippen LogP contribution in [0.2, 0.25) is 0 Å². The zero-order valence-corrected chi connectivity index (χ0v) is 13.0. The van der Waals surface area contributed by atoms with Crippen molar-refractivity contribution in [2.24, 2.45) is 0 Å². The molecule has 4 nitrogen and oxygen atoms in total. The van der Waals surface area contributed by atoms with Crippen LogP contribution in [0.3, 0.4) is 0 Å². The van der Waals surface area contributed by atoms with E-state index in [1.807, 2.05) is 6.92 Å². The third-order valence-electron chi connectivity index (χ3n) is 3.04. The highest BCUT2D eigenvalue weighted by Gasteiger charge is 2.31. The van der Waals surface area contributed by atoms with Crippen LogP contribution in [-0.4, -0.2) is 26.5 Å². The molecule has 1 heterocycles. The molecule has 0 bridgehead atoms. The van der Waals surface area contributed by atoms with E-state index in [0.29, 0.717) is 22.0 Å². The topological polar surface area (TPSA) is 47.8 Å². The van der Waals surface area contributed by atoms with Crippen molar-refractivity contribution in [1.29, 1.82) is 0 Å². The van der Waals surface area contributed by atoms with Crippen LogP contribution in [0.4, 0.5) is 13.2 Å². The number of aromatic nitrogens is 3. The molecular weight excluding hydrogens is 315 g/mol. The van der Waals surface area contributed by atoms with Crippen molar-refractivity contribution in [3.05, 3.63) is 35.2 Å². The Morgan fingerprint density at radius 2 is 2.05 bits per heavy atom. The van der Waals surface area contributed by atoms with Crippen molar-refractivity contribution in [2.45, 2.75) is 31.8 Å². The third kappa shape index (κ3) is 3.16. The van der Waals surface area contributed by atoms with Crippen LogP contribution < -0.4 is 0 Å². The van der Waals surface area contributed by atoms with E-state index in [9.17, 15) is 18.0 Å². The van der Waals surface area contributed by atoms with Crippen LogP contribution >= 0.6 is 11.8 Å². The molecule has 0 unspecified atom stereocenters. The van der Waals surface area contributed by atoms with Gasteiger partial charge in [0.2, 0.25) is 0 Å². The zero-order chi connectivity index (χ0) is 16.5. The SMILES string of the molecule is CCSc1cc(C(F)(F)F)ccc1-n1nnc(C(C)=O)c1C. The second kappa shape index (κ2) is 6.12. The van der Waals surface area contributed by atoms with E-state index in [1.165, 1.54) is 29.4 Å². The Kier molecular flexibility index (Phi) is 4.60. The number of ketones is 1. The Bertz CT molecular complexity index is 710. The molecule has 0 N–H and O–H groups in total. The summed E-state index contributed by atoms with van der Waals surface area (Å²) in [6, 6.07) is 3.45. The number of thioether (sulfide) groups is 1. The molecule has 0 aliphatic carbocycles. The van der Waals surface area contributed by atoms with Gasteiger partial charge in [-0.15, -0.1) is 16.9 Å². The fourth-order valence-corrected chi connectivity index (χ4v) is 2.84. The lowest BCUT2D eigenvalue weighted by molar-refractivity contribution is -0.137. The molecule has 0 aliphatic heterocycles. The highest BCUT2D eigenvalue weighted by Crippen LogP contribution is 2.35. The first-order valence-electron chi connectivity index (χ1n) is 6.53. The van der Waals surface area contributed by atoms with E-state index in [2.05, 4.69) is 10.3 Å². The average Bonchev–Trinajstić information content (AvgIpc) is 2.80. The first kappa shape index (κ1) is 16.5. The second-order valence-electron chi connectivity index (χ2n) is 4.60. The smallest absolute Gasteiger partial charge is 0.293 e. The molecular formula is C14H14F3N3OS. The summed E-state index contributed by atoms with van der Waals surface area (Å²) in [6.07, 6.45) is -4.40. The quantitative estimate of drug-likeness (QED) is 0.630. The summed E-state index contributed by atoms with van der Waals surface area (Å²) >= 11 is 1.28. The minimum Gasteiger partial charge on any atom is -0.293 e. The number of carbonyl (C=O) groups is 1. The molecule has 8 heteroatoms. The normalized spacial score (nSPS) is 11.7. The summed E-state index contributed by atoms with van der Waals surface area (Å²) in [5, 5.41) is 7.69. The van der Waals surface area contributed by atoms with Crippen LogP contribution in [0.15, 0.2) is 23.1 Å². The molecule has 22 heavy (non-hydrogen) atoms. The number of carbonyl (C=O) groups excluding carboxylic acids is 1. The molecule has 0 atom stereocenters. The number of alkyl halides is 3. The highest BCUT2D eigenvalue weighted by molar-refractivity contribution is 7.99. The Morgan fingerprint density at radius 3 is 2.55 bits per heavy atom. The van der Waals surface area contributed by atoms with Crippen molar-refractivity contribution < 1.29 is 18.0 Å². The van der Waals surface area contributed by atoms with Crippen molar-refractivity contribution in [2.75, 3.05) is 5.75 Å². The standard InChI is InChI=1S/C14H14F3N3OS/c1-4-22-12-7-10(14(15,16)17)5-6-11(12)20-8(2)13(9(3)21)18-19-20/h5-7H,4H2,1-3H3. The van der Waals surface area contributed by atoms with Crippen molar-refractivity contribution in [3.63, 3.8) is 0 Å². The van der Waals surface area contributed by atoms with E-state index in [0.717, 1.165) is 12.1 Å². The lowest BCUT2D eigenvalue weighted by atomic mass is 10.2. The maximum Gasteiger partial charge on any atom is 0.416 e. The number of nitrogens with zero attached hydrogens (tertiary/aromatic N) is 3. The molecule has 118 valence electrons. The summed E-state index contributed by atoms with van der Waals surface area (Å²) < 4.78 is 39.9. The largest absolute Gasteiger partial charge is 0.416 e. The van der Waals surface area contributed by atoms with Gasteiger partial charge in [-0.1, -0.05) is 12.1 Å². The molecule has 1 aromatic heterocycles. The van der Waals surface area contributed by atoms with Crippen LogP contribution in [0.5, 0.6) is 0 Å². The first-order chi connectivity index (χ1) is 10.3. The fourth-order valence-electron chi connectivity index (χ4n) is 2.02. The van der Waals surface area contributed by atoms with Gasteiger partial charge in [-0.2, -0.15) is 13.2 Å². The van der Waals surface area contributed by atoms with Gasteiger partial charge in [0.1, 0.15) is 0 Å². The average molecular weight is 329 g/mol. The number of benzene rings is 1. The summed E-state index contributed by atoms with van der Waals surface area (Å²) in [6.45, 7) is 4.88. The van der Waals surface area contributed by atoms with Gasteiger partial charge in [0.25, 0.3) is 0 Å². The van der Waals surface area contributed by atoms with Crippen molar-refractivity contribution in [1.82, 2.24) is 15.0 Å². The minimum absolute atomic E-state index is 0.215. The molecule has 0 saturated carbocycles. The Balaban J connectivity index is 2.58. The predicted octanol–water partition coefficient (Wildman–Crippen LogP) is 3.91. The molecule has 0 aliphatic rings. The van der Waals surface area contributed by atoms with Crippen LogP contribution in [0.25, 0.3) is 5.69 Å². The fraction of sp³-hybridized carbons (Fsp3) is 0.357. The summed E-state index contributed by atoms with van der Waals surface area (Å²) in [7, 11) is 0. The van der Waals surface area contributed by atoms with Crippen molar-refractivity contribution in [3.8, 4) is 5.69 Å². The predicted molar refractivity (Wildman–Crippen MR) is 77.5 cm³/mol. The monoisotopic (exact) mass is 329 g/mol. The number of hydrogen-bond donors (Lipinski definition) is 0. The molecule has 0 amide bonds. The van der Waals surface area contributed by atoms with Crippen LogP contribution in [0, 0.1) is 6.92 Å². The van der Waals surface area contributed by atoms with Crippen LogP contribution in [0.1, 0.15) is 35.6 Å². The zero-order valence-electron chi connectivity index (χ0n) is 12.2. The summed E-state index contributed by atoms with van der Waals surface area (Å²) in [4.78, 5) is 11.9. The number of rotatable bonds is 4. The number of halogens is 3. The van der Waals surface area contributed by atoms with Gasteiger partial charge < -0.3 is 0 Å². The summed E-state index contributed by atoms with van der Waals surface area (Å²) in [5.41, 5.74) is 0.492. The van der Waals surface area contributed by atoms with Gasteiger partial charge in [0, 0.05) is 11.8 Å². The van der Waals surface area contributed by atoms with E-state index < -0.39 is 11.7 Å². The second-order valence-corrected chi connectivity index (χ2v) is 5.91. The molecule has 0 radical (unpaired) electrons. The number of hydrogen-bond acceptors (Lipinski definition) is 4.